The highest BCUT2D eigenvalue weighted by atomic mass is 79.9. The highest BCUT2D eigenvalue weighted by Crippen LogP contribution is 2.50. The lowest BCUT2D eigenvalue weighted by Gasteiger charge is -2.19. The van der Waals surface area contributed by atoms with Crippen molar-refractivity contribution >= 4 is 79.3 Å². The number of thiophene rings is 2. The van der Waals surface area contributed by atoms with E-state index in [4.69, 9.17) is 24.4 Å². The van der Waals surface area contributed by atoms with Crippen molar-refractivity contribution in [2.45, 2.75) is 80.8 Å². The Hall–Kier alpha value is -3.32. The summed E-state index contributed by atoms with van der Waals surface area (Å²) in [4.78, 5) is 30.9. The fourth-order valence-electron chi connectivity index (χ4n) is 4.01. The van der Waals surface area contributed by atoms with E-state index in [1.807, 2.05) is 26.8 Å². The molecule has 0 saturated heterocycles. The van der Waals surface area contributed by atoms with Gasteiger partial charge in [-0.1, -0.05) is 77.9 Å². The molecule has 0 atom stereocenters. The molecule has 0 aliphatic rings. The number of carbonyl (C=O) groups is 2. The van der Waals surface area contributed by atoms with Crippen LogP contribution in [0.1, 0.15) is 81.7 Å². The maximum atomic E-state index is 12.3. The first-order valence-corrected chi connectivity index (χ1v) is 20.6. The molecule has 0 unspecified atom stereocenters. The Kier molecular flexibility index (Phi) is 17.0. The average Bonchev–Trinajstić information content (AvgIpc) is 3.51. The van der Waals surface area contributed by atoms with Crippen LogP contribution in [0, 0.1) is 10.8 Å². The van der Waals surface area contributed by atoms with Crippen molar-refractivity contribution in [2.24, 2.45) is 15.7 Å². The van der Waals surface area contributed by atoms with Crippen LogP contribution in [-0.2, 0) is 22.1 Å². The zero-order chi connectivity index (χ0) is 39.3. The Morgan fingerprint density at radius 3 is 1.63 bits per heavy atom. The van der Waals surface area contributed by atoms with Crippen molar-refractivity contribution in [2.75, 3.05) is 5.32 Å². The van der Waals surface area contributed by atoms with Crippen LogP contribution in [-0.4, -0.2) is 22.8 Å². The van der Waals surface area contributed by atoms with E-state index in [9.17, 15) is 14.2 Å². The number of halogens is 2. The van der Waals surface area contributed by atoms with Gasteiger partial charge in [-0.25, -0.2) is 14.2 Å². The number of ether oxygens (including phenoxy) is 1. The van der Waals surface area contributed by atoms with Crippen molar-refractivity contribution < 1.29 is 33.0 Å². The molecular weight excluding hydrogens is 855 g/mol. The number of azide groups is 1. The van der Waals surface area contributed by atoms with Crippen LogP contribution >= 0.6 is 62.3 Å². The van der Waals surface area contributed by atoms with Gasteiger partial charge in [-0.2, -0.15) is 0 Å². The summed E-state index contributed by atoms with van der Waals surface area (Å²) >= 11 is 9.66. The van der Waals surface area contributed by atoms with Gasteiger partial charge in [0.2, 0.25) is 0 Å². The lowest BCUT2D eigenvalue weighted by atomic mass is 9.92. The quantitative estimate of drug-likeness (QED) is 0.0732. The third-order valence-corrected chi connectivity index (χ3v) is 10.9. The standard InChI is InChI=1S/C14H22BrNO2S.C12H10N3O3P.C10H13BrO2S/c1-13(2,3)8-9-7-10(15)11(19-9)16-12(17)18-14(4,5)6;13-14-15-19(16,17-11-7-3-1-4-8-11)18-12-9-5-2-6-10-12;1-10(2,3)5-6-4-7(11)8(14-6)9(12)13/h7H,8H2,1-6H3,(H,16,17);1-10H;4H,5H2,1-3H3,(H,12,13). The second kappa shape index (κ2) is 19.7. The normalized spacial score (nSPS) is 11.4. The van der Waals surface area contributed by atoms with E-state index in [1.54, 1.807) is 72.0 Å². The van der Waals surface area contributed by atoms with Crippen LogP contribution in [0.25, 0.3) is 10.4 Å². The largest absolute Gasteiger partial charge is 0.525 e. The van der Waals surface area contributed by atoms with Crippen LogP contribution in [0.3, 0.4) is 0 Å². The van der Waals surface area contributed by atoms with Crippen LogP contribution in [0.5, 0.6) is 11.5 Å². The Morgan fingerprint density at radius 1 is 0.808 bits per heavy atom. The monoisotopic (exact) mass is 898 g/mol. The smallest absolute Gasteiger partial charge is 0.477 e. The van der Waals surface area contributed by atoms with Gasteiger partial charge in [0.05, 0.1) is 4.47 Å². The Morgan fingerprint density at radius 2 is 1.25 bits per heavy atom. The van der Waals surface area contributed by atoms with E-state index in [0.717, 1.165) is 27.2 Å². The first-order valence-electron chi connectivity index (χ1n) is 15.9. The first-order chi connectivity index (χ1) is 24.0. The lowest BCUT2D eigenvalue weighted by Crippen LogP contribution is -2.27. The fourth-order valence-corrected chi connectivity index (χ4v) is 9.03. The molecule has 1 amide bonds. The molecule has 11 nitrogen and oxygen atoms in total. The van der Waals surface area contributed by atoms with E-state index < -0.39 is 25.4 Å². The summed E-state index contributed by atoms with van der Waals surface area (Å²) in [6, 6.07) is 20.7. The number of nitrogens with one attached hydrogen (secondary N) is 1. The number of amides is 1. The predicted octanol–water partition coefficient (Wildman–Crippen LogP) is 13.8. The maximum Gasteiger partial charge on any atom is 0.525 e. The highest BCUT2D eigenvalue weighted by molar-refractivity contribution is 9.11. The summed E-state index contributed by atoms with van der Waals surface area (Å²) in [6.07, 6.45) is 1.47. The molecule has 0 fully saturated rings. The van der Waals surface area contributed by atoms with Gasteiger partial charge >= 0.3 is 19.8 Å². The third kappa shape index (κ3) is 17.9. The highest BCUT2D eigenvalue weighted by Gasteiger charge is 2.27. The summed E-state index contributed by atoms with van der Waals surface area (Å²) < 4.78 is 29.4. The van der Waals surface area contributed by atoms with Crippen LogP contribution in [0.15, 0.2) is 86.6 Å². The minimum atomic E-state index is -3.95. The van der Waals surface area contributed by atoms with E-state index in [2.05, 4.69) is 94.6 Å². The van der Waals surface area contributed by atoms with Gasteiger partial charge in [0.15, 0.2) is 0 Å². The molecule has 0 bridgehead atoms. The molecule has 0 aliphatic carbocycles. The number of benzene rings is 2. The summed E-state index contributed by atoms with van der Waals surface area (Å²) in [5.41, 5.74) is 8.42. The van der Waals surface area contributed by atoms with Crippen molar-refractivity contribution in [3.63, 3.8) is 0 Å². The summed E-state index contributed by atoms with van der Waals surface area (Å²) in [7, 11) is -3.95. The Labute approximate surface area is 330 Å². The van der Waals surface area contributed by atoms with Gasteiger partial charge < -0.3 is 18.9 Å². The molecule has 0 aliphatic heterocycles. The summed E-state index contributed by atoms with van der Waals surface area (Å²) in [5.74, 6) is -0.259. The molecule has 0 spiro atoms. The van der Waals surface area contributed by atoms with Crippen LogP contribution in [0.2, 0.25) is 0 Å². The van der Waals surface area contributed by atoms with Crippen molar-refractivity contribution in [3.05, 3.63) is 107 Å². The van der Waals surface area contributed by atoms with E-state index in [0.29, 0.717) is 20.8 Å². The lowest BCUT2D eigenvalue weighted by molar-refractivity contribution is 0.0634. The molecular formula is C36H45Br2N4O7PS2. The number of aromatic carboxylic acids is 1. The van der Waals surface area contributed by atoms with E-state index >= 15 is 0 Å². The van der Waals surface area contributed by atoms with Crippen molar-refractivity contribution in [3.8, 4) is 11.5 Å². The molecule has 52 heavy (non-hydrogen) atoms. The molecule has 2 N–H and O–H groups in total. The Balaban J connectivity index is 0.000000274. The van der Waals surface area contributed by atoms with Crippen LogP contribution < -0.4 is 14.4 Å². The molecule has 0 saturated carbocycles. The van der Waals surface area contributed by atoms with Crippen molar-refractivity contribution in [1.82, 2.24) is 0 Å². The SMILES string of the molecule is CC(C)(C)Cc1cc(Br)c(C(=O)O)s1.CC(C)(C)Cc1cc(Br)c(NC(=O)OC(C)(C)C)s1.[N-]=[N+]=NP(=O)(Oc1ccccc1)Oc1ccccc1. The molecule has 2 heterocycles. The number of carboxylic acid groups (broad SMARTS) is 1. The fraction of sp³-hybridized carbons (Fsp3) is 0.389. The number of nitrogens with zero attached hydrogens (tertiary/aromatic N) is 3. The third-order valence-electron chi connectivity index (χ3n) is 5.77. The average molecular weight is 901 g/mol. The summed E-state index contributed by atoms with van der Waals surface area (Å²) in [5, 5.41) is 12.4. The number of carbonyl (C=O) groups excluding carboxylic acids is 1. The van der Waals surface area contributed by atoms with Gasteiger partial charge in [0.1, 0.15) is 27.0 Å². The number of para-hydroxylation sites is 2. The first kappa shape index (κ1) is 44.8. The number of hydrogen-bond donors (Lipinski definition) is 2. The predicted molar refractivity (Wildman–Crippen MR) is 218 cm³/mol. The van der Waals surface area contributed by atoms with Gasteiger partial charge in [-0.15, -0.1) is 22.7 Å². The van der Waals surface area contributed by atoms with Gasteiger partial charge in [0.25, 0.3) is 0 Å². The van der Waals surface area contributed by atoms with Gasteiger partial charge in [-0.05, 0) is 118 Å². The number of rotatable bonds is 9. The molecule has 0 radical (unpaired) electrons. The second-order valence-electron chi connectivity index (χ2n) is 14.6. The molecule has 16 heteroatoms. The zero-order valence-corrected chi connectivity index (χ0v) is 36.3. The number of carboxylic acids is 1. The van der Waals surface area contributed by atoms with Gasteiger partial charge in [-0.3, -0.25) is 5.32 Å². The summed E-state index contributed by atoms with van der Waals surface area (Å²) in [6.45, 7) is 18.6. The van der Waals surface area contributed by atoms with Crippen LogP contribution in [0.4, 0.5) is 9.80 Å². The van der Waals surface area contributed by atoms with Gasteiger partial charge in [0, 0.05) is 24.0 Å². The molecule has 4 aromatic rings. The topological polar surface area (TPSA) is 160 Å². The number of anilines is 1. The van der Waals surface area contributed by atoms with E-state index in [-0.39, 0.29) is 10.8 Å². The molecule has 2 aromatic carbocycles. The molecule has 2 aromatic heterocycles. The minimum absolute atomic E-state index is 0.195. The minimum Gasteiger partial charge on any atom is -0.477 e. The maximum absolute atomic E-state index is 12.3. The molecule has 4 rings (SSSR count). The van der Waals surface area contributed by atoms with Crippen molar-refractivity contribution in [1.29, 1.82) is 0 Å². The second-order valence-corrected chi connectivity index (χ2v) is 20.1. The Bertz CT molecular complexity index is 1820. The zero-order valence-electron chi connectivity index (χ0n) is 30.6. The molecule has 282 valence electrons. The van der Waals surface area contributed by atoms with E-state index in [1.165, 1.54) is 16.2 Å². The number of hydrogen-bond acceptors (Lipinski definition) is 8.